The summed E-state index contributed by atoms with van der Waals surface area (Å²) in [7, 11) is 0. The fraction of sp³-hybridized carbons (Fsp3) is 0.500. The van der Waals surface area contributed by atoms with Gasteiger partial charge in [0.15, 0.2) is 0 Å². The molecule has 0 amide bonds. The van der Waals surface area contributed by atoms with Gasteiger partial charge in [0.2, 0.25) is 0 Å². The molecule has 13 heavy (non-hydrogen) atoms. The number of pyridine rings is 1. The molecule has 1 aromatic rings. The van der Waals surface area contributed by atoms with Gasteiger partial charge in [-0.05, 0) is 31.5 Å². The maximum absolute atomic E-state index is 9.22. The summed E-state index contributed by atoms with van der Waals surface area (Å²) in [5.74, 6) is 0. The Morgan fingerprint density at radius 2 is 2.00 bits per heavy atom. The van der Waals surface area contributed by atoms with Crippen molar-refractivity contribution in [3.63, 3.8) is 0 Å². The van der Waals surface area contributed by atoms with E-state index in [2.05, 4.69) is 10.3 Å². The molecule has 0 bridgehead atoms. The topological polar surface area (TPSA) is 45.1 Å². The highest BCUT2D eigenvalue weighted by Gasteiger charge is 2.06. The molecule has 0 saturated carbocycles. The van der Waals surface area contributed by atoms with Gasteiger partial charge in [0, 0.05) is 25.0 Å². The second-order valence-electron chi connectivity index (χ2n) is 3.27. The SMILES string of the molecule is CC(O)C(C)NCc1ccncc1. The number of hydrogen-bond acceptors (Lipinski definition) is 3. The van der Waals surface area contributed by atoms with E-state index in [1.807, 2.05) is 19.1 Å². The zero-order chi connectivity index (χ0) is 9.68. The van der Waals surface area contributed by atoms with Crippen molar-refractivity contribution in [2.75, 3.05) is 0 Å². The molecule has 2 unspecified atom stereocenters. The molecule has 72 valence electrons. The molecule has 0 aliphatic heterocycles. The van der Waals surface area contributed by atoms with Gasteiger partial charge < -0.3 is 10.4 Å². The maximum atomic E-state index is 9.22. The Kier molecular flexibility index (Phi) is 3.86. The number of rotatable bonds is 4. The predicted molar refractivity (Wildman–Crippen MR) is 52.2 cm³/mol. The lowest BCUT2D eigenvalue weighted by Gasteiger charge is -2.16. The van der Waals surface area contributed by atoms with Crippen LogP contribution in [0.5, 0.6) is 0 Å². The minimum atomic E-state index is -0.318. The predicted octanol–water partition coefficient (Wildman–Crippen LogP) is 0.940. The van der Waals surface area contributed by atoms with Crippen LogP contribution in [0.2, 0.25) is 0 Å². The quantitative estimate of drug-likeness (QED) is 0.725. The van der Waals surface area contributed by atoms with Crippen molar-refractivity contribution in [2.45, 2.75) is 32.5 Å². The number of aromatic nitrogens is 1. The molecule has 1 aromatic heterocycles. The van der Waals surface area contributed by atoms with Gasteiger partial charge in [-0.2, -0.15) is 0 Å². The van der Waals surface area contributed by atoms with Gasteiger partial charge in [-0.3, -0.25) is 4.98 Å². The molecule has 0 radical (unpaired) electrons. The van der Waals surface area contributed by atoms with E-state index >= 15 is 0 Å². The van der Waals surface area contributed by atoms with Crippen molar-refractivity contribution in [3.8, 4) is 0 Å². The van der Waals surface area contributed by atoms with Crippen molar-refractivity contribution in [1.82, 2.24) is 10.3 Å². The fourth-order valence-corrected chi connectivity index (χ4v) is 0.950. The molecule has 0 saturated heterocycles. The molecule has 0 aromatic carbocycles. The van der Waals surface area contributed by atoms with Crippen LogP contribution in [0, 0.1) is 0 Å². The van der Waals surface area contributed by atoms with Gasteiger partial charge in [-0.25, -0.2) is 0 Å². The zero-order valence-electron chi connectivity index (χ0n) is 8.07. The Morgan fingerprint density at radius 3 is 2.54 bits per heavy atom. The lowest BCUT2D eigenvalue weighted by molar-refractivity contribution is 0.152. The molecule has 0 aliphatic rings. The lowest BCUT2D eigenvalue weighted by atomic mass is 10.2. The Balaban J connectivity index is 2.35. The first-order valence-electron chi connectivity index (χ1n) is 4.50. The van der Waals surface area contributed by atoms with Crippen LogP contribution in [0.1, 0.15) is 19.4 Å². The molecular weight excluding hydrogens is 164 g/mol. The van der Waals surface area contributed by atoms with Gasteiger partial charge in [0.1, 0.15) is 0 Å². The van der Waals surface area contributed by atoms with Crippen LogP contribution >= 0.6 is 0 Å². The molecule has 2 atom stereocenters. The average molecular weight is 180 g/mol. The summed E-state index contributed by atoms with van der Waals surface area (Å²) in [4.78, 5) is 3.93. The number of nitrogens with zero attached hydrogens (tertiary/aromatic N) is 1. The van der Waals surface area contributed by atoms with E-state index in [1.165, 1.54) is 5.56 Å². The van der Waals surface area contributed by atoms with Crippen molar-refractivity contribution >= 4 is 0 Å². The van der Waals surface area contributed by atoms with Crippen LogP contribution < -0.4 is 5.32 Å². The smallest absolute Gasteiger partial charge is 0.0662 e. The monoisotopic (exact) mass is 180 g/mol. The summed E-state index contributed by atoms with van der Waals surface area (Å²) >= 11 is 0. The normalized spacial score (nSPS) is 15.3. The third-order valence-electron chi connectivity index (χ3n) is 2.10. The standard InChI is InChI=1S/C10H16N2O/c1-8(9(2)13)12-7-10-3-5-11-6-4-10/h3-6,8-9,12-13H,7H2,1-2H3. The van der Waals surface area contributed by atoms with E-state index in [9.17, 15) is 5.11 Å². The van der Waals surface area contributed by atoms with Crippen LogP contribution in [0.3, 0.4) is 0 Å². The van der Waals surface area contributed by atoms with E-state index in [-0.39, 0.29) is 12.1 Å². The summed E-state index contributed by atoms with van der Waals surface area (Å²) in [6.07, 6.45) is 3.22. The fourth-order valence-electron chi connectivity index (χ4n) is 0.950. The van der Waals surface area contributed by atoms with Crippen molar-refractivity contribution in [1.29, 1.82) is 0 Å². The van der Waals surface area contributed by atoms with E-state index < -0.39 is 0 Å². The van der Waals surface area contributed by atoms with E-state index in [0.717, 1.165) is 6.54 Å². The van der Waals surface area contributed by atoms with Crippen molar-refractivity contribution in [3.05, 3.63) is 30.1 Å². The first kappa shape index (κ1) is 10.2. The second-order valence-corrected chi connectivity index (χ2v) is 3.27. The zero-order valence-corrected chi connectivity index (χ0v) is 8.07. The van der Waals surface area contributed by atoms with Crippen molar-refractivity contribution in [2.24, 2.45) is 0 Å². The Bertz CT molecular complexity index is 236. The first-order valence-corrected chi connectivity index (χ1v) is 4.50. The molecular formula is C10H16N2O. The maximum Gasteiger partial charge on any atom is 0.0662 e. The van der Waals surface area contributed by atoms with Gasteiger partial charge in [0.25, 0.3) is 0 Å². The minimum Gasteiger partial charge on any atom is -0.392 e. The van der Waals surface area contributed by atoms with Gasteiger partial charge in [-0.1, -0.05) is 0 Å². The molecule has 3 heteroatoms. The van der Waals surface area contributed by atoms with Crippen LogP contribution in [0.15, 0.2) is 24.5 Å². The number of nitrogens with one attached hydrogen (secondary N) is 1. The van der Waals surface area contributed by atoms with Crippen molar-refractivity contribution < 1.29 is 5.11 Å². The highest BCUT2D eigenvalue weighted by Crippen LogP contribution is 1.97. The Hall–Kier alpha value is -0.930. The highest BCUT2D eigenvalue weighted by atomic mass is 16.3. The van der Waals surface area contributed by atoms with E-state index in [1.54, 1.807) is 19.3 Å². The summed E-state index contributed by atoms with van der Waals surface area (Å²) < 4.78 is 0. The van der Waals surface area contributed by atoms with Gasteiger partial charge >= 0.3 is 0 Å². The number of hydrogen-bond donors (Lipinski definition) is 2. The van der Waals surface area contributed by atoms with Gasteiger partial charge in [-0.15, -0.1) is 0 Å². The van der Waals surface area contributed by atoms with E-state index in [0.29, 0.717) is 0 Å². The number of aliphatic hydroxyl groups excluding tert-OH is 1. The number of aliphatic hydroxyl groups is 1. The molecule has 0 aliphatic carbocycles. The van der Waals surface area contributed by atoms with Gasteiger partial charge in [0.05, 0.1) is 6.10 Å². The first-order chi connectivity index (χ1) is 6.20. The average Bonchev–Trinajstić information content (AvgIpc) is 2.15. The third kappa shape index (κ3) is 3.53. The van der Waals surface area contributed by atoms with Crippen LogP contribution in [0.4, 0.5) is 0 Å². The summed E-state index contributed by atoms with van der Waals surface area (Å²) in [5.41, 5.74) is 1.18. The van der Waals surface area contributed by atoms with E-state index in [4.69, 9.17) is 0 Å². The molecule has 2 N–H and O–H groups in total. The molecule has 3 nitrogen and oxygen atoms in total. The summed E-state index contributed by atoms with van der Waals surface area (Å²) in [6.45, 7) is 4.52. The third-order valence-corrected chi connectivity index (χ3v) is 2.10. The Morgan fingerprint density at radius 1 is 1.38 bits per heavy atom. The molecule has 0 spiro atoms. The molecule has 1 rings (SSSR count). The van der Waals surface area contributed by atoms with Crippen LogP contribution in [-0.4, -0.2) is 22.2 Å². The summed E-state index contributed by atoms with van der Waals surface area (Å²) in [5, 5.41) is 12.4. The lowest BCUT2D eigenvalue weighted by Crippen LogP contribution is -2.34. The largest absolute Gasteiger partial charge is 0.392 e. The Labute approximate surface area is 78.8 Å². The highest BCUT2D eigenvalue weighted by molar-refractivity contribution is 5.09. The minimum absolute atomic E-state index is 0.119. The molecule has 0 fully saturated rings. The van der Waals surface area contributed by atoms with Crippen LogP contribution in [-0.2, 0) is 6.54 Å². The van der Waals surface area contributed by atoms with Crippen LogP contribution in [0.25, 0.3) is 0 Å². The molecule has 1 heterocycles. The summed E-state index contributed by atoms with van der Waals surface area (Å²) in [6, 6.07) is 4.04. The second kappa shape index (κ2) is 4.94.